The summed E-state index contributed by atoms with van der Waals surface area (Å²) in [6.45, 7) is 4.36. The zero-order chi connectivity index (χ0) is 14.0. The lowest BCUT2D eigenvalue weighted by Crippen LogP contribution is -2.45. The summed E-state index contributed by atoms with van der Waals surface area (Å²) in [6, 6.07) is 0. The lowest BCUT2D eigenvalue weighted by molar-refractivity contribution is 0.155. The molecule has 0 aliphatic heterocycles. The normalized spacial score (nSPS) is 27.3. The fraction of sp³-hybridized carbons (Fsp3) is 0.643. The number of nitrogens with one attached hydrogen (secondary N) is 1. The highest BCUT2D eigenvalue weighted by molar-refractivity contribution is 9.10. The summed E-state index contributed by atoms with van der Waals surface area (Å²) in [5.41, 5.74) is 7.25. The number of nitrogen functional groups attached to an aromatic ring is 1. The van der Waals surface area contributed by atoms with E-state index in [9.17, 15) is 5.11 Å². The molecule has 1 aromatic rings. The summed E-state index contributed by atoms with van der Waals surface area (Å²) in [5.74, 6) is 1.52. The smallest absolute Gasteiger partial charge is 0.141 e. The molecular formula is C14H22BrN3O. The van der Waals surface area contributed by atoms with Crippen molar-refractivity contribution in [2.75, 3.05) is 17.7 Å². The summed E-state index contributed by atoms with van der Waals surface area (Å²) in [4.78, 5) is 4.35. The molecule has 1 aliphatic carbocycles. The number of nitrogens with zero attached hydrogens (tertiary/aromatic N) is 1. The summed E-state index contributed by atoms with van der Waals surface area (Å²) in [7, 11) is 0. The van der Waals surface area contributed by atoms with E-state index in [2.05, 4.69) is 33.2 Å². The van der Waals surface area contributed by atoms with Crippen LogP contribution in [0.15, 0.2) is 10.7 Å². The Balaban J connectivity index is 2.21. The number of nitrogens with two attached hydrogens (primary N) is 1. The van der Waals surface area contributed by atoms with Gasteiger partial charge in [-0.25, -0.2) is 4.98 Å². The fourth-order valence-electron chi connectivity index (χ4n) is 2.57. The number of rotatable bonds is 3. The lowest BCUT2D eigenvalue weighted by atomic mass is 9.77. The number of aromatic nitrogens is 1. The average molecular weight is 328 g/mol. The third kappa shape index (κ3) is 3.03. The second-order valence-electron chi connectivity index (χ2n) is 5.75. The number of anilines is 2. The van der Waals surface area contributed by atoms with E-state index in [0.717, 1.165) is 47.5 Å². The molecule has 5 heteroatoms. The molecular weight excluding hydrogens is 306 g/mol. The Kier molecular flexibility index (Phi) is 4.36. The molecule has 0 atom stereocenters. The third-order valence-corrected chi connectivity index (χ3v) is 5.19. The number of pyridine rings is 1. The summed E-state index contributed by atoms with van der Waals surface area (Å²) >= 11 is 3.54. The van der Waals surface area contributed by atoms with E-state index in [0.29, 0.717) is 5.69 Å². The average Bonchev–Trinajstić information content (AvgIpc) is 2.42. The maximum absolute atomic E-state index is 9.77. The van der Waals surface area contributed by atoms with Gasteiger partial charge in [0, 0.05) is 0 Å². The van der Waals surface area contributed by atoms with Crippen molar-refractivity contribution in [2.24, 2.45) is 5.92 Å². The molecule has 4 nitrogen and oxygen atoms in total. The molecule has 4 N–H and O–H groups in total. The van der Waals surface area contributed by atoms with Crippen LogP contribution in [0.2, 0.25) is 0 Å². The molecule has 0 spiro atoms. The Morgan fingerprint density at radius 2 is 2.16 bits per heavy atom. The van der Waals surface area contributed by atoms with Crippen LogP contribution in [-0.2, 0) is 0 Å². The monoisotopic (exact) mass is 327 g/mol. The van der Waals surface area contributed by atoms with Gasteiger partial charge in [0.15, 0.2) is 0 Å². The molecule has 2 rings (SSSR count). The van der Waals surface area contributed by atoms with Crippen molar-refractivity contribution in [2.45, 2.75) is 45.1 Å². The van der Waals surface area contributed by atoms with E-state index in [1.807, 2.05) is 6.92 Å². The van der Waals surface area contributed by atoms with Crippen LogP contribution >= 0.6 is 15.9 Å². The molecule has 0 radical (unpaired) electrons. The molecule has 0 unspecified atom stereocenters. The first-order valence-electron chi connectivity index (χ1n) is 6.77. The van der Waals surface area contributed by atoms with Crippen molar-refractivity contribution in [1.29, 1.82) is 0 Å². The SMILES string of the molecule is Cc1c(N)cnc(NC2(CO)CCC(C)CC2)c1Br. The minimum atomic E-state index is -0.245. The standard InChI is InChI=1S/C14H22BrN3O/c1-9-3-5-14(8-19,6-4-9)18-13-12(15)10(2)11(16)7-17-13/h7,9,19H,3-6,8,16H2,1-2H3,(H,17,18). The number of hydrogen-bond acceptors (Lipinski definition) is 4. The Labute approximate surface area is 122 Å². The van der Waals surface area contributed by atoms with Crippen molar-refractivity contribution in [3.63, 3.8) is 0 Å². The van der Waals surface area contributed by atoms with Gasteiger partial charge in [0.1, 0.15) is 5.82 Å². The van der Waals surface area contributed by atoms with Crippen LogP contribution < -0.4 is 11.1 Å². The second kappa shape index (κ2) is 5.67. The van der Waals surface area contributed by atoms with Crippen LogP contribution in [0.1, 0.15) is 38.2 Å². The van der Waals surface area contributed by atoms with Gasteiger partial charge in [-0.15, -0.1) is 0 Å². The zero-order valence-corrected chi connectivity index (χ0v) is 13.1. The Morgan fingerprint density at radius 3 is 2.74 bits per heavy atom. The van der Waals surface area contributed by atoms with Gasteiger partial charge in [0.05, 0.1) is 28.5 Å². The minimum absolute atomic E-state index is 0.136. The maximum atomic E-state index is 9.77. The van der Waals surface area contributed by atoms with Gasteiger partial charge in [-0.05, 0) is 60.0 Å². The first-order chi connectivity index (χ1) is 8.97. The molecule has 1 saturated carbocycles. The topological polar surface area (TPSA) is 71.2 Å². The third-order valence-electron chi connectivity index (χ3n) is 4.22. The minimum Gasteiger partial charge on any atom is -0.397 e. The van der Waals surface area contributed by atoms with Crippen LogP contribution in [0.25, 0.3) is 0 Å². The molecule has 1 aliphatic rings. The van der Waals surface area contributed by atoms with Crippen LogP contribution in [-0.4, -0.2) is 22.2 Å². The predicted molar refractivity (Wildman–Crippen MR) is 82.2 cm³/mol. The number of aliphatic hydroxyl groups excluding tert-OH is 1. The van der Waals surface area contributed by atoms with Gasteiger partial charge in [0.2, 0.25) is 0 Å². The second-order valence-corrected chi connectivity index (χ2v) is 6.54. The van der Waals surface area contributed by atoms with E-state index >= 15 is 0 Å². The number of halogens is 1. The molecule has 106 valence electrons. The lowest BCUT2D eigenvalue weighted by Gasteiger charge is -2.39. The summed E-state index contributed by atoms with van der Waals surface area (Å²) < 4.78 is 0.888. The first kappa shape index (κ1) is 14.6. The van der Waals surface area contributed by atoms with Crippen molar-refractivity contribution < 1.29 is 5.11 Å². The quantitative estimate of drug-likeness (QED) is 0.797. The highest BCUT2D eigenvalue weighted by Crippen LogP contribution is 2.36. The Bertz CT molecular complexity index is 456. The molecule has 0 aromatic carbocycles. The van der Waals surface area contributed by atoms with E-state index < -0.39 is 0 Å². The van der Waals surface area contributed by atoms with E-state index in [1.54, 1.807) is 6.20 Å². The van der Waals surface area contributed by atoms with Gasteiger partial charge in [-0.3, -0.25) is 0 Å². The fourth-order valence-corrected chi connectivity index (χ4v) is 3.00. The summed E-state index contributed by atoms with van der Waals surface area (Å²) in [5, 5.41) is 13.2. The number of hydrogen-bond donors (Lipinski definition) is 3. The van der Waals surface area contributed by atoms with Gasteiger partial charge in [-0.2, -0.15) is 0 Å². The van der Waals surface area contributed by atoms with Crippen molar-refractivity contribution >= 4 is 27.4 Å². The van der Waals surface area contributed by atoms with Gasteiger partial charge in [-0.1, -0.05) is 6.92 Å². The summed E-state index contributed by atoms with van der Waals surface area (Å²) in [6.07, 6.45) is 5.89. The Morgan fingerprint density at radius 1 is 1.53 bits per heavy atom. The largest absolute Gasteiger partial charge is 0.397 e. The molecule has 1 aromatic heterocycles. The van der Waals surface area contributed by atoms with Crippen LogP contribution in [0.4, 0.5) is 11.5 Å². The van der Waals surface area contributed by atoms with Gasteiger partial charge in [0.25, 0.3) is 0 Å². The Hall–Kier alpha value is -0.810. The molecule has 1 fully saturated rings. The van der Waals surface area contributed by atoms with E-state index in [-0.39, 0.29) is 12.1 Å². The molecule has 0 saturated heterocycles. The zero-order valence-electron chi connectivity index (χ0n) is 11.5. The first-order valence-corrected chi connectivity index (χ1v) is 7.56. The van der Waals surface area contributed by atoms with Crippen molar-refractivity contribution in [3.8, 4) is 0 Å². The van der Waals surface area contributed by atoms with E-state index in [1.165, 1.54) is 0 Å². The van der Waals surface area contributed by atoms with Crippen LogP contribution in [0, 0.1) is 12.8 Å². The molecule has 0 bridgehead atoms. The van der Waals surface area contributed by atoms with Gasteiger partial charge < -0.3 is 16.2 Å². The van der Waals surface area contributed by atoms with E-state index in [4.69, 9.17) is 5.73 Å². The molecule has 0 amide bonds. The highest BCUT2D eigenvalue weighted by Gasteiger charge is 2.34. The highest BCUT2D eigenvalue weighted by atomic mass is 79.9. The van der Waals surface area contributed by atoms with Crippen LogP contribution in [0.3, 0.4) is 0 Å². The van der Waals surface area contributed by atoms with Crippen molar-refractivity contribution in [3.05, 3.63) is 16.2 Å². The maximum Gasteiger partial charge on any atom is 0.141 e. The molecule has 1 heterocycles. The van der Waals surface area contributed by atoms with Gasteiger partial charge >= 0.3 is 0 Å². The number of aliphatic hydroxyl groups is 1. The predicted octanol–water partition coefficient (Wildman–Crippen LogP) is 3.09. The van der Waals surface area contributed by atoms with Crippen LogP contribution in [0.5, 0.6) is 0 Å². The van der Waals surface area contributed by atoms with Crippen molar-refractivity contribution in [1.82, 2.24) is 4.98 Å². The molecule has 19 heavy (non-hydrogen) atoms.